The van der Waals surface area contributed by atoms with Gasteiger partial charge < -0.3 is 15.3 Å². The van der Waals surface area contributed by atoms with Crippen LogP contribution in [0.25, 0.3) is 0 Å². The first-order valence-electron chi connectivity index (χ1n) is 6.95. The summed E-state index contributed by atoms with van der Waals surface area (Å²) in [5.41, 5.74) is 1.95. The highest BCUT2D eigenvalue weighted by Gasteiger charge is 2.12. The lowest BCUT2D eigenvalue weighted by Crippen LogP contribution is -2.29. The molecule has 4 heteroatoms. The summed E-state index contributed by atoms with van der Waals surface area (Å²) in [6.45, 7) is 3.76. The van der Waals surface area contributed by atoms with Crippen molar-refractivity contribution >= 4 is 5.91 Å². The maximum Gasteiger partial charge on any atom is 0.221 e. The molecule has 0 saturated carbocycles. The monoisotopic (exact) mass is 262 g/mol. The van der Waals surface area contributed by atoms with Crippen LogP contribution in [0.4, 0.5) is 0 Å². The number of nitrogens with zero attached hydrogens (tertiary/aromatic N) is 1. The van der Waals surface area contributed by atoms with E-state index in [1.54, 1.807) is 0 Å². The highest BCUT2D eigenvalue weighted by Crippen LogP contribution is 2.07. The van der Waals surface area contributed by atoms with Gasteiger partial charge in [-0.2, -0.15) is 0 Å². The van der Waals surface area contributed by atoms with E-state index in [9.17, 15) is 4.79 Å². The number of benzene rings is 1. The standard InChI is InChI=1S/C15H22N2O2/c18-12-14-5-3-13(4-6-14)11-16-15(19)7-10-17-8-1-2-9-17/h3-6,18H,1-2,7-12H2,(H,16,19). The number of carbonyl (C=O) groups excluding carboxylic acids is 1. The van der Waals surface area contributed by atoms with Gasteiger partial charge in [0.1, 0.15) is 0 Å². The minimum atomic E-state index is 0.0580. The molecule has 1 aliphatic heterocycles. The van der Waals surface area contributed by atoms with E-state index in [0.717, 1.165) is 30.8 Å². The Morgan fingerprint density at radius 2 is 1.79 bits per heavy atom. The molecule has 1 aliphatic rings. The summed E-state index contributed by atoms with van der Waals surface area (Å²) in [4.78, 5) is 14.1. The van der Waals surface area contributed by atoms with E-state index < -0.39 is 0 Å². The molecule has 0 spiro atoms. The van der Waals surface area contributed by atoms with Gasteiger partial charge in [-0.05, 0) is 37.1 Å². The first-order valence-corrected chi connectivity index (χ1v) is 6.95. The molecule has 0 atom stereocenters. The number of nitrogens with one attached hydrogen (secondary N) is 1. The normalized spacial score (nSPS) is 15.6. The lowest BCUT2D eigenvalue weighted by atomic mass is 10.1. The van der Waals surface area contributed by atoms with E-state index in [1.165, 1.54) is 12.8 Å². The van der Waals surface area contributed by atoms with Gasteiger partial charge in [-0.1, -0.05) is 24.3 Å². The van der Waals surface area contributed by atoms with Gasteiger partial charge in [0.25, 0.3) is 0 Å². The van der Waals surface area contributed by atoms with E-state index >= 15 is 0 Å². The lowest BCUT2D eigenvalue weighted by Gasteiger charge is -2.13. The topological polar surface area (TPSA) is 52.6 Å². The molecule has 2 rings (SSSR count). The fraction of sp³-hybridized carbons (Fsp3) is 0.533. The van der Waals surface area contributed by atoms with Crippen LogP contribution in [-0.4, -0.2) is 35.5 Å². The number of carbonyl (C=O) groups is 1. The maximum atomic E-state index is 11.7. The van der Waals surface area contributed by atoms with Crippen molar-refractivity contribution in [2.24, 2.45) is 0 Å². The van der Waals surface area contributed by atoms with Gasteiger partial charge in [-0.25, -0.2) is 0 Å². The number of hydrogen-bond donors (Lipinski definition) is 2. The Balaban J connectivity index is 1.67. The third-order valence-corrected chi connectivity index (χ3v) is 3.55. The van der Waals surface area contributed by atoms with Crippen LogP contribution in [0.2, 0.25) is 0 Å². The summed E-state index contributed by atoms with van der Waals surface area (Å²) in [6, 6.07) is 7.63. The van der Waals surface area contributed by atoms with Crippen LogP contribution >= 0.6 is 0 Å². The number of aliphatic hydroxyl groups excluding tert-OH is 1. The van der Waals surface area contributed by atoms with Crippen LogP contribution in [-0.2, 0) is 17.9 Å². The van der Waals surface area contributed by atoms with Crippen molar-refractivity contribution in [2.45, 2.75) is 32.4 Å². The Hall–Kier alpha value is -1.39. The fourth-order valence-corrected chi connectivity index (χ4v) is 2.32. The molecule has 0 unspecified atom stereocenters. The molecular weight excluding hydrogens is 240 g/mol. The molecule has 104 valence electrons. The Morgan fingerprint density at radius 3 is 2.42 bits per heavy atom. The third-order valence-electron chi connectivity index (χ3n) is 3.55. The number of aliphatic hydroxyl groups is 1. The summed E-state index contributed by atoms with van der Waals surface area (Å²) in [6.07, 6.45) is 3.10. The SMILES string of the molecule is O=C(CCN1CCCC1)NCc1ccc(CO)cc1. The number of rotatable bonds is 6. The molecule has 4 nitrogen and oxygen atoms in total. The average molecular weight is 262 g/mol. The molecule has 1 heterocycles. The molecule has 0 aliphatic carbocycles. The van der Waals surface area contributed by atoms with Crippen molar-refractivity contribution in [3.63, 3.8) is 0 Å². The Bertz CT molecular complexity index is 397. The number of amides is 1. The molecule has 1 amide bonds. The summed E-state index contributed by atoms with van der Waals surface area (Å²) in [5, 5.41) is 11.9. The molecule has 1 fully saturated rings. The average Bonchev–Trinajstić information content (AvgIpc) is 2.96. The van der Waals surface area contributed by atoms with Crippen molar-refractivity contribution in [1.29, 1.82) is 0 Å². The van der Waals surface area contributed by atoms with E-state index in [4.69, 9.17) is 5.11 Å². The molecular formula is C15H22N2O2. The van der Waals surface area contributed by atoms with Gasteiger partial charge in [0.2, 0.25) is 5.91 Å². The van der Waals surface area contributed by atoms with Crippen LogP contribution in [0.1, 0.15) is 30.4 Å². The zero-order valence-corrected chi connectivity index (χ0v) is 11.3. The maximum absolute atomic E-state index is 11.7. The first-order chi connectivity index (χ1) is 9.28. The molecule has 0 radical (unpaired) electrons. The number of likely N-dealkylation sites (tertiary alicyclic amines) is 1. The van der Waals surface area contributed by atoms with Gasteiger partial charge in [0.15, 0.2) is 0 Å². The summed E-state index contributed by atoms with van der Waals surface area (Å²) < 4.78 is 0. The summed E-state index contributed by atoms with van der Waals surface area (Å²) in [7, 11) is 0. The van der Waals surface area contributed by atoms with Crippen molar-refractivity contribution in [3.05, 3.63) is 35.4 Å². The quantitative estimate of drug-likeness (QED) is 0.812. The second-order valence-electron chi connectivity index (χ2n) is 5.05. The zero-order valence-electron chi connectivity index (χ0n) is 11.3. The van der Waals surface area contributed by atoms with Crippen LogP contribution in [0, 0.1) is 0 Å². The minimum absolute atomic E-state index is 0.0580. The van der Waals surface area contributed by atoms with Gasteiger partial charge >= 0.3 is 0 Å². The van der Waals surface area contributed by atoms with Gasteiger partial charge in [0.05, 0.1) is 6.61 Å². The molecule has 2 N–H and O–H groups in total. The lowest BCUT2D eigenvalue weighted by molar-refractivity contribution is -0.121. The Morgan fingerprint density at radius 1 is 1.16 bits per heavy atom. The fourth-order valence-electron chi connectivity index (χ4n) is 2.32. The van der Waals surface area contributed by atoms with E-state index in [-0.39, 0.29) is 12.5 Å². The van der Waals surface area contributed by atoms with Crippen LogP contribution in [0.15, 0.2) is 24.3 Å². The van der Waals surface area contributed by atoms with Gasteiger partial charge in [0, 0.05) is 19.5 Å². The molecule has 1 saturated heterocycles. The number of hydrogen-bond acceptors (Lipinski definition) is 3. The van der Waals surface area contributed by atoms with Crippen molar-refractivity contribution in [3.8, 4) is 0 Å². The second kappa shape index (κ2) is 7.26. The molecule has 0 aromatic heterocycles. The smallest absolute Gasteiger partial charge is 0.221 e. The molecule has 1 aromatic carbocycles. The predicted molar refractivity (Wildman–Crippen MR) is 74.5 cm³/mol. The highest BCUT2D eigenvalue weighted by molar-refractivity contribution is 5.76. The van der Waals surface area contributed by atoms with E-state index in [2.05, 4.69) is 10.2 Å². The van der Waals surface area contributed by atoms with Crippen molar-refractivity contribution < 1.29 is 9.90 Å². The minimum Gasteiger partial charge on any atom is -0.392 e. The third kappa shape index (κ3) is 4.65. The van der Waals surface area contributed by atoms with Crippen molar-refractivity contribution in [1.82, 2.24) is 10.2 Å². The Labute approximate surface area is 114 Å². The van der Waals surface area contributed by atoms with E-state index in [0.29, 0.717) is 13.0 Å². The van der Waals surface area contributed by atoms with Crippen molar-refractivity contribution in [2.75, 3.05) is 19.6 Å². The largest absolute Gasteiger partial charge is 0.392 e. The predicted octanol–water partition coefficient (Wildman–Crippen LogP) is 1.28. The molecule has 1 aromatic rings. The zero-order chi connectivity index (χ0) is 13.5. The Kier molecular flexibility index (Phi) is 5.36. The van der Waals surface area contributed by atoms with Crippen LogP contribution < -0.4 is 5.32 Å². The summed E-state index contributed by atoms with van der Waals surface area (Å²) >= 11 is 0. The molecule has 19 heavy (non-hydrogen) atoms. The second-order valence-corrected chi connectivity index (χ2v) is 5.05. The van der Waals surface area contributed by atoms with E-state index in [1.807, 2.05) is 24.3 Å². The molecule has 0 bridgehead atoms. The van der Waals surface area contributed by atoms with Gasteiger partial charge in [-0.15, -0.1) is 0 Å². The van der Waals surface area contributed by atoms with Crippen LogP contribution in [0.5, 0.6) is 0 Å². The highest BCUT2D eigenvalue weighted by atomic mass is 16.3. The summed E-state index contributed by atoms with van der Waals surface area (Å²) in [5.74, 6) is 0.109. The first kappa shape index (κ1) is 14.0. The van der Waals surface area contributed by atoms with Gasteiger partial charge in [-0.3, -0.25) is 4.79 Å². The van der Waals surface area contributed by atoms with Crippen LogP contribution in [0.3, 0.4) is 0 Å².